The monoisotopic (exact) mass is 428 g/mol. The minimum Gasteiger partial charge on any atom is -0.497 e. The van der Waals surface area contributed by atoms with E-state index in [0.29, 0.717) is 23.8 Å². The number of amides is 2. The maximum atomic E-state index is 12.6. The number of anilines is 2. The van der Waals surface area contributed by atoms with Gasteiger partial charge in [0, 0.05) is 23.9 Å². The van der Waals surface area contributed by atoms with Crippen LogP contribution < -0.4 is 15.0 Å². The Kier molecular flexibility index (Phi) is 7.35. The van der Waals surface area contributed by atoms with E-state index in [1.165, 1.54) is 11.8 Å². The van der Waals surface area contributed by atoms with Gasteiger partial charge in [0.15, 0.2) is 0 Å². The first kappa shape index (κ1) is 21.7. The molecule has 2 aromatic carbocycles. The predicted octanol–water partition coefficient (Wildman–Crippen LogP) is 3.76. The van der Waals surface area contributed by atoms with Crippen LogP contribution in [0.25, 0.3) is 0 Å². The number of hydrogen-bond acceptors (Lipinski definition) is 6. The molecule has 8 heteroatoms. The molecule has 1 heterocycles. The lowest BCUT2D eigenvalue weighted by Crippen LogP contribution is -2.27. The van der Waals surface area contributed by atoms with Crippen LogP contribution in [0.15, 0.2) is 48.5 Å². The van der Waals surface area contributed by atoms with Gasteiger partial charge in [0.2, 0.25) is 11.8 Å². The zero-order chi connectivity index (χ0) is 21.5. The smallest absolute Gasteiger partial charge is 0.306 e. The van der Waals surface area contributed by atoms with Gasteiger partial charge in [0.25, 0.3) is 0 Å². The molecule has 0 spiro atoms. The van der Waals surface area contributed by atoms with Gasteiger partial charge in [-0.2, -0.15) is 0 Å². The third-order valence-corrected chi connectivity index (χ3v) is 5.73. The summed E-state index contributed by atoms with van der Waals surface area (Å²) < 4.78 is 10.1. The molecule has 1 aliphatic rings. The van der Waals surface area contributed by atoms with Crippen molar-refractivity contribution in [3.63, 3.8) is 0 Å². The first-order valence-electron chi connectivity index (χ1n) is 9.65. The van der Waals surface area contributed by atoms with E-state index in [-0.39, 0.29) is 30.0 Å². The maximum absolute atomic E-state index is 12.6. The van der Waals surface area contributed by atoms with E-state index in [9.17, 15) is 14.4 Å². The topological polar surface area (TPSA) is 84.9 Å². The van der Waals surface area contributed by atoms with E-state index >= 15 is 0 Å². The fourth-order valence-electron chi connectivity index (χ4n) is 3.15. The van der Waals surface area contributed by atoms with Gasteiger partial charge in [0.05, 0.1) is 25.9 Å². The van der Waals surface area contributed by atoms with E-state index in [1.807, 2.05) is 42.5 Å². The van der Waals surface area contributed by atoms with Crippen LogP contribution in [0.3, 0.4) is 0 Å². The SMILES string of the molecule is CCOC(=O)CCC(=O)Nc1cccc(C2SCC(=O)N2c2cccc(OC)c2)c1. The summed E-state index contributed by atoms with van der Waals surface area (Å²) in [6.07, 6.45) is 0.0889. The number of benzene rings is 2. The highest BCUT2D eigenvalue weighted by atomic mass is 32.2. The molecule has 0 aromatic heterocycles. The van der Waals surface area contributed by atoms with Crippen molar-refractivity contribution in [3.05, 3.63) is 54.1 Å². The Morgan fingerprint density at radius 1 is 1.17 bits per heavy atom. The first-order chi connectivity index (χ1) is 14.5. The molecular weight excluding hydrogens is 404 g/mol. The van der Waals surface area contributed by atoms with Crippen LogP contribution in [-0.4, -0.2) is 37.3 Å². The Balaban J connectivity index is 1.73. The van der Waals surface area contributed by atoms with Gasteiger partial charge >= 0.3 is 5.97 Å². The summed E-state index contributed by atoms with van der Waals surface area (Å²) in [6.45, 7) is 2.02. The number of ether oxygens (including phenoxy) is 2. The van der Waals surface area contributed by atoms with Gasteiger partial charge in [-0.15, -0.1) is 11.8 Å². The van der Waals surface area contributed by atoms with Crippen molar-refractivity contribution in [1.82, 2.24) is 0 Å². The van der Waals surface area contributed by atoms with Gasteiger partial charge in [-0.05, 0) is 36.8 Å². The highest BCUT2D eigenvalue weighted by Gasteiger charge is 2.34. The minimum atomic E-state index is -0.392. The molecule has 1 atom stereocenters. The molecule has 2 aromatic rings. The Morgan fingerprint density at radius 2 is 1.97 bits per heavy atom. The summed E-state index contributed by atoms with van der Waals surface area (Å²) in [5, 5.41) is 2.60. The molecular formula is C22H24N2O5S. The number of rotatable bonds is 8. The standard InChI is InChI=1S/C22H24N2O5S/c1-3-29-21(27)11-10-19(25)23-16-7-4-6-15(12-16)22-24(20(26)14-30-22)17-8-5-9-18(13-17)28-2/h4-9,12-13,22H,3,10-11,14H2,1-2H3,(H,23,25). The van der Waals surface area contributed by atoms with Crippen LogP contribution in [0, 0.1) is 0 Å². The lowest BCUT2D eigenvalue weighted by molar-refractivity contribution is -0.144. The number of nitrogens with one attached hydrogen (secondary N) is 1. The summed E-state index contributed by atoms with van der Waals surface area (Å²) >= 11 is 1.53. The number of carbonyl (C=O) groups is 3. The van der Waals surface area contributed by atoms with Gasteiger partial charge in [-0.1, -0.05) is 18.2 Å². The van der Waals surface area contributed by atoms with Crippen molar-refractivity contribution < 1.29 is 23.9 Å². The highest BCUT2D eigenvalue weighted by Crippen LogP contribution is 2.42. The first-order valence-corrected chi connectivity index (χ1v) is 10.7. The average Bonchev–Trinajstić information content (AvgIpc) is 3.14. The molecule has 0 aliphatic carbocycles. The van der Waals surface area contributed by atoms with Crippen LogP contribution in [0.2, 0.25) is 0 Å². The van der Waals surface area contributed by atoms with E-state index in [4.69, 9.17) is 9.47 Å². The Morgan fingerprint density at radius 3 is 2.73 bits per heavy atom. The van der Waals surface area contributed by atoms with Gasteiger partial charge in [-0.3, -0.25) is 19.3 Å². The van der Waals surface area contributed by atoms with Crippen molar-refractivity contribution in [2.24, 2.45) is 0 Å². The Labute approximate surface area is 179 Å². The molecule has 158 valence electrons. The molecule has 1 N–H and O–H groups in total. The molecule has 3 rings (SSSR count). The maximum Gasteiger partial charge on any atom is 0.306 e. The molecule has 0 radical (unpaired) electrons. The average molecular weight is 429 g/mol. The fraction of sp³-hybridized carbons (Fsp3) is 0.318. The molecule has 0 saturated carbocycles. The summed E-state index contributed by atoms with van der Waals surface area (Å²) in [5.41, 5.74) is 2.28. The summed E-state index contributed by atoms with van der Waals surface area (Å²) in [4.78, 5) is 37.9. The predicted molar refractivity (Wildman–Crippen MR) is 117 cm³/mol. The van der Waals surface area contributed by atoms with Crippen LogP contribution in [0.5, 0.6) is 5.75 Å². The van der Waals surface area contributed by atoms with Gasteiger partial charge in [0.1, 0.15) is 11.1 Å². The van der Waals surface area contributed by atoms with Crippen LogP contribution in [-0.2, 0) is 19.1 Å². The number of methoxy groups -OCH3 is 1. The van der Waals surface area contributed by atoms with Crippen molar-refractivity contribution >= 4 is 40.9 Å². The largest absolute Gasteiger partial charge is 0.497 e. The van der Waals surface area contributed by atoms with Crippen molar-refractivity contribution in [2.75, 3.05) is 29.7 Å². The number of hydrogen-bond donors (Lipinski definition) is 1. The number of esters is 1. The molecule has 0 bridgehead atoms. The van der Waals surface area contributed by atoms with Gasteiger partial charge in [-0.25, -0.2) is 0 Å². The van der Waals surface area contributed by atoms with Crippen molar-refractivity contribution in [2.45, 2.75) is 25.1 Å². The third-order valence-electron chi connectivity index (χ3n) is 4.52. The molecule has 1 saturated heterocycles. The molecule has 1 fully saturated rings. The second kappa shape index (κ2) is 10.2. The van der Waals surface area contributed by atoms with E-state index < -0.39 is 5.97 Å². The summed E-state index contributed by atoms with van der Waals surface area (Å²) in [6, 6.07) is 14.8. The van der Waals surface area contributed by atoms with E-state index in [0.717, 1.165) is 11.3 Å². The molecule has 1 unspecified atom stereocenters. The van der Waals surface area contributed by atoms with Crippen LogP contribution in [0.1, 0.15) is 30.7 Å². The second-order valence-corrected chi connectivity index (χ2v) is 7.68. The summed E-state index contributed by atoms with van der Waals surface area (Å²) in [5.74, 6) is 0.412. The normalized spacial score (nSPS) is 15.7. The summed E-state index contributed by atoms with van der Waals surface area (Å²) in [7, 11) is 1.59. The van der Waals surface area contributed by atoms with Crippen molar-refractivity contribution in [1.29, 1.82) is 0 Å². The van der Waals surface area contributed by atoms with Crippen molar-refractivity contribution in [3.8, 4) is 5.75 Å². The van der Waals surface area contributed by atoms with E-state index in [2.05, 4.69) is 5.32 Å². The zero-order valence-electron chi connectivity index (χ0n) is 16.9. The quantitative estimate of drug-likeness (QED) is 0.645. The molecule has 30 heavy (non-hydrogen) atoms. The van der Waals surface area contributed by atoms with Gasteiger partial charge < -0.3 is 14.8 Å². The van der Waals surface area contributed by atoms with Crippen LogP contribution >= 0.6 is 11.8 Å². The van der Waals surface area contributed by atoms with Crippen LogP contribution in [0.4, 0.5) is 11.4 Å². The zero-order valence-corrected chi connectivity index (χ0v) is 17.7. The lowest BCUT2D eigenvalue weighted by atomic mass is 10.1. The Bertz CT molecular complexity index is 933. The minimum absolute atomic E-state index is 0.0159. The van der Waals surface area contributed by atoms with E-state index in [1.54, 1.807) is 25.0 Å². The number of carbonyl (C=O) groups excluding carboxylic acids is 3. The molecule has 2 amide bonds. The molecule has 7 nitrogen and oxygen atoms in total. The second-order valence-electron chi connectivity index (χ2n) is 6.61. The lowest BCUT2D eigenvalue weighted by Gasteiger charge is -2.25. The fourth-order valence-corrected chi connectivity index (χ4v) is 4.32. The Hall–Kier alpha value is -3.00. The number of thioether (sulfide) groups is 1. The highest BCUT2D eigenvalue weighted by molar-refractivity contribution is 8.00. The molecule has 1 aliphatic heterocycles. The third kappa shape index (κ3) is 5.33. The number of nitrogens with zero attached hydrogens (tertiary/aromatic N) is 1.